The zero-order valence-electron chi connectivity index (χ0n) is 20.1. The standard InChI is InChI=1S/C27H36N4O2/c1-4-33-17-7-14-28-26(32)22-12-15-30(16-13-22)27-29-24-8-5-6-9-25(24)31(27)19-23-18-20(2)10-11-21(23)3/h5-6,8-11,18,22H,4,7,12-17,19H2,1-3H3,(H,28,32). The lowest BCUT2D eigenvalue weighted by atomic mass is 9.96. The van der Waals surface area contributed by atoms with E-state index in [4.69, 9.17) is 9.72 Å². The molecular formula is C27H36N4O2. The lowest BCUT2D eigenvalue weighted by Crippen LogP contribution is -2.41. The van der Waals surface area contributed by atoms with Gasteiger partial charge in [-0.2, -0.15) is 0 Å². The third kappa shape index (κ3) is 5.56. The fourth-order valence-corrected chi connectivity index (χ4v) is 4.62. The molecule has 6 heteroatoms. The normalized spacial score (nSPS) is 14.7. The number of rotatable bonds is 9. The first kappa shape index (κ1) is 23.3. The van der Waals surface area contributed by atoms with Gasteiger partial charge >= 0.3 is 0 Å². The number of ether oxygens (including phenoxy) is 1. The number of anilines is 1. The van der Waals surface area contributed by atoms with Crippen LogP contribution in [0.3, 0.4) is 0 Å². The summed E-state index contributed by atoms with van der Waals surface area (Å²) in [6.45, 7) is 10.9. The Morgan fingerprint density at radius 3 is 2.73 bits per heavy atom. The summed E-state index contributed by atoms with van der Waals surface area (Å²) >= 11 is 0. The van der Waals surface area contributed by atoms with E-state index < -0.39 is 0 Å². The molecule has 0 spiro atoms. The van der Waals surface area contributed by atoms with Gasteiger partial charge in [0.15, 0.2) is 0 Å². The molecule has 0 bridgehead atoms. The Kier molecular flexibility index (Phi) is 7.65. The minimum Gasteiger partial charge on any atom is -0.382 e. The maximum absolute atomic E-state index is 12.6. The molecular weight excluding hydrogens is 412 g/mol. The molecule has 1 aliphatic rings. The van der Waals surface area contributed by atoms with Crippen LogP contribution in [0.4, 0.5) is 5.95 Å². The number of hydrogen-bond donors (Lipinski definition) is 1. The zero-order valence-corrected chi connectivity index (χ0v) is 20.1. The molecule has 0 aliphatic carbocycles. The summed E-state index contributed by atoms with van der Waals surface area (Å²) in [4.78, 5) is 20.0. The summed E-state index contributed by atoms with van der Waals surface area (Å²) in [7, 11) is 0. The number of aromatic nitrogens is 2. The molecule has 1 N–H and O–H groups in total. The first-order valence-electron chi connectivity index (χ1n) is 12.2. The SMILES string of the molecule is CCOCCCNC(=O)C1CCN(c2nc3ccccc3n2Cc2cc(C)ccc2C)CC1. The molecule has 2 aromatic carbocycles. The molecule has 0 saturated carbocycles. The van der Waals surface area contributed by atoms with Crippen LogP contribution < -0.4 is 10.2 Å². The number of aryl methyl sites for hydroxylation is 2. The molecule has 3 aromatic rings. The van der Waals surface area contributed by atoms with Gasteiger partial charge in [-0.05, 0) is 63.3 Å². The van der Waals surface area contributed by atoms with Gasteiger partial charge in [-0.1, -0.05) is 35.9 Å². The van der Waals surface area contributed by atoms with Crippen molar-refractivity contribution in [1.82, 2.24) is 14.9 Å². The van der Waals surface area contributed by atoms with E-state index in [-0.39, 0.29) is 11.8 Å². The highest BCUT2D eigenvalue weighted by molar-refractivity contribution is 5.80. The number of amides is 1. The quantitative estimate of drug-likeness (QED) is 0.491. The van der Waals surface area contributed by atoms with E-state index in [0.29, 0.717) is 13.2 Å². The van der Waals surface area contributed by atoms with Gasteiger partial charge in [0.25, 0.3) is 0 Å². The summed E-state index contributed by atoms with van der Waals surface area (Å²) < 4.78 is 7.69. The number of para-hydroxylation sites is 2. The van der Waals surface area contributed by atoms with E-state index in [9.17, 15) is 4.79 Å². The Labute approximate surface area is 196 Å². The largest absolute Gasteiger partial charge is 0.382 e. The van der Waals surface area contributed by atoms with Crippen LogP contribution >= 0.6 is 0 Å². The summed E-state index contributed by atoms with van der Waals surface area (Å²) in [5.41, 5.74) is 6.06. The van der Waals surface area contributed by atoms with Gasteiger partial charge in [0.2, 0.25) is 11.9 Å². The van der Waals surface area contributed by atoms with E-state index in [1.165, 1.54) is 16.7 Å². The number of benzene rings is 2. The molecule has 4 rings (SSSR count). The summed E-state index contributed by atoms with van der Waals surface area (Å²) in [5.74, 6) is 1.26. The Morgan fingerprint density at radius 2 is 1.94 bits per heavy atom. The van der Waals surface area contributed by atoms with Gasteiger partial charge in [-0.15, -0.1) is 0 Å². The van der Waals surface area contributed by atoms with Crippen molar-refractivity contribution in [3.63, 3.8) is 0 Å². The van der Waals surface area contributed by atoms with E-state index in [2.05, 4.69) is 65.0 Å². The van der Waals surface area contributed by atoms with Crippen LogP contribution in [-0.4, -0.2) is 48.3 Å². The maximum Gasteiger partial charge on any atom is 0.223 e. The summed E-state index contributed by atoms with van der Waals surface area (Å²) in [6.07, 6.45) is 2.56. The third-order valence-electron chi connectivity index (χ3n) is 6.58. The van der Waals surface area contributed by atoms with Crippen LogP contribution in [0.25, 0.3) is 11.0 Å². The first-order valence-corrected chi connectivity index (χ1v) is 12.2. The third-order valence-corrected chi connectivity index (χ3v) is 6.58. The van der Waals surface area contributed by atoms with Crippen LogP contribution in [0.2, 0.25) is 0 Å². The summed E-state index contributed by atoms with van der Waals surface area (Å²) in [5, 5.41) is 3.08. The average molecular weight is 449 g/mol. The number of hydrogen-bond acceptors (Lipinski definition) is 4. The number of carbonyl (C=O) groups excluding carboxylic acids is 1. The smallest absolute Gasteiger partial charge is 0.223 e. The van der Waals surface area contributed by atoms with Crippen LogP contribution in [-0.2, 0) is 16.1 Å². The maximum atomic E-state index is 12.6. The van der Waals surface area contributed by atoms with Gasteiger partial charge in [0.1, 0.15) is 0 Å². The van der Waals surface area contributed by atoms with E-state index in [1.807, 2.05) is 13.0 Å². The Bertz CT molecular complexity index is 1080. The molecule has 0 radical (unpaired) electrons. The highest BCUT2D eigenvalue weighted by Gasteiger charge is 2.27. The predicted molar refractivity (Wildman–Crippen MR) is 134 cm³/mol. The van der Waals surface area contributed by atoms with Crippen LogP contribution in [0.5, 0.6) is 0 Å². The van der Waals surface area contributed by atoms with Crippen LogP contribution in [0, 0.1) is 19.8 Å². The van der Waals surface area contributed by atoms with Crippen molar-refractivity contribution in [1.29, 1.82) is 0 Å². The zero-order chi connectivity index (χ0) is 23.2. The second-order valence-corrected chi connectivity index (χ2v) is 9.02. The van der Waals surface area contributed by atoms with Gasteiger partial charge in [-0.25, -0.2) is 4.98 Å². The molecule has 33 heavy (non-hydrogen) atoms. The molecule has 0 atom stereocenters. The number of piperidine rings is 1. The molecule has 1 fully saturated rings. The van der Waals surface area contributed by atoms with E-state index in [0.717, 1.165) is 62.5 Å². The number of carbonyl (C=O) groups is 1. The average Bonchev–Trinajstić information content (AvgIpc) is 3.19. The van der Waals surface area contributed by atoms with E-state index in [1.54, 1.807) is 0 Å². The molecule has 1 aliphatic heterocycles. The highest BCUT2D eigenvalue weighted by Crippen LogP contribution is 2.28. The molecule has 2 heterocycles. The monoisotopic (exact) mass is 448 g/mol. The second-order valence-electron chi connectivity index (χ2n) is 9.02. The predicted octanol–water partition coefficient (Wildman–Crippen LogP) is 4.46. The molecule has 1 saturated heterocycles. The summed E-state index contributed by atoms with van der Waals surface area (Å²) in [6, 6.07) is 15.0. The highest BCUT2D eigenvalue weighted by atomic mass is 16.5. The van der Waals surface area contributed by atoms with Crippen molar-refractivity contribution in [2.45, 2.75) is 46.6 Å². The second kappa shape index (κ2) is 10.8. The van der Waals surface area contributed by atoms with Crippen molar-refractivity contribution in [3.05, 3.63) is 59.2 Å². The fraction of sp³-hybridized carbons (Fsp3) is 0.481. The fourth-order valence-electron chi connectivity index (χ4n) is 4.62. The van der Waals surface area contributed by atoms with Crippen LogP contribution in [0.15, 0.2) is 42.5 Å². The number of nitrogens with one attached hydrogen (secondary N) is 1. The topological polar surface area (TPSA) is 59.4 Å². The van der Waals surface area contributed by atoms with Gasteiger partial charge in [0, 0.05) is 38.8 Å². The van der Waals surface area contributed by atoms with Crippen LogP contribution in [0.1, 0.15) is 42.9 Å². The number of fused-ring (bicyclic) bond motifs is 1. The van der Waals surface area contributed by atoms with Crippen molar-refractivity contribution < 1.29 is 9.53 Å². The van der Waals surface area contributed by atoms with E-state index >= 15 is 0 Å². The van der Waals surface area contributed by atoms with Gasteiger partial charge in [0.05, 0.1) is 17.6 Å². The number of nitrogens with zero attached hydrogens (tertiary/aromatic N) is 3. The Balaban J connectivity index is 1.46. The molecule has 1 aromatic heterocycles. The molecule has 6 nitrogen and oxygen atoms in total. The lowest BCUT2D eigenvalue weighted by molar-refractivity contribution is -0.125. The van der Waals surface area contributed by atoms with Crippen molar-refractivity contribution in [2.75, 3.05) is 37.7 Å². The lowest BCUT2D eigenvalue weighted by Gasteiger charge is -2.32. The first-order chi connectivity index (χ1) is 16.1. The minimum absolute atomic E-state index is 0.0742. The molecule has 1 amide bonds. The van der Waals surface area contributed by atoms with Crippen molar-refractivity contribution >= 4 is 22.9 Å². The molecule has 176 valence electrons. The van der Waals surface area contributed by atoms with Crippen molar-refractivity contribution in [2.24, 2.45) is 5.92 Å². The number of imidazole rings is 1. The van der Waals surface area contributed by atoms with Gasteiger partial charge in [-0.3, -0.25) is 4.79 Å². The Morgan fingerprint density at radius 1 is 1.15 bits per heavy atom. The Hall–Kier alpha value is -2.86. The minimum atomic E-state index is 0.0742. The van der Waals surface area contributed by atoms with Crippen molar-refractivity contribution in [3.8, 4) is 0 Å². The molecule has 0 unspecified atom stereocenters. The van der Waals surface area contributed by atoms with Gasteiger partial charge < -0.3 is 19.5 Å².